The Kier molecular flexibility index (Phi) is 6.60. The predicted molar refractivity (Wildman–Crippen MR) is 66.3 cm³/mol. The van der Waals surface area contributed by atoms with Gasteiger partial charge in [-0.15, -0.1) is 0 Å². The van der Waals surface area contributed by atoms with Gasteiger partial charge in [0.2, 0.25) is 5.91 Å². The first kappa shape index (κ1) is 15.4. The highest BCUT2D eigenvalue weighted by atomic mass is 16.3. The molecular weight excluding hydrogens is 204 g/mol. The molecule has 0 bridgehead atoms. The standard InChI is InChI=1S/C12H26N2O2/c1-6-14(5)11(16)9-13-10(7-8-15)12(2,3)4/h10,13,15H,6-9H2,1-5H3. The monoisotopic (exact) mass is 230 g/mol. The molecule has 0 radical (unpaired) electrons. The number of rotatable bonds is 6. The number of aliphatic hydroxyl groups excluding tert-OH is 1. The molecule has 0 aromatic rings. The van der Waals surface area contributed by atoms with Crippen LogP contribution in [0.3, 0.4) is 0 Å². The lowest BCUT2D eigenvalue weighted by atomic mass is 9.85. The number of likely N-dealkylation sites (N-methyl/N-ethyl adjacent to an activating group) is 1. The predicted octanol–water partition coefficient (Wildman–Crippen LogP) is 0.851. The third-order valence-electron chi connectivity index (χ3n) is 2.86. The van der Waals surface area contributed by atoms with E-state index in [0.29, 0.717) is 13.0 Å². The fourth-order valence-electron chi connectivity index (χ4n) is 1.49. The van der Waals surface area contributed by atoms with Crippen molar-refractivity contribution < 1.29 is 9.90 Å². The van der Waals surface area contributed by atoms with Gasteiger partial charge in [0.05, 0.1) is 6.54 Å². The molecule has 0 heterocycles. The molecule has 16 heavy (non-hydrogen) atoms. The first-order chi connectivity index (χ1) is 7.32. The minimum Gasteiger partial charge on any atom is -0.396 e. The second kappa shape index (κ2) is 6.86. The summed E-state index contributed by atoms with van der Waals surface area (Å²) in [5.41, 5.74) is 0.0494. The largest absolute Gasteiger partial charge is 0.396 e. The van der Waals surface area contributed by atoms with Crippen LogP contribution in [0.4, 0.5) is 0 Å². The topological polar surface area (TPSA) is 52.6 Å². The molecule has 1 unspecified atom stereocenters. The van der Waals surface area contributed by atoms with E-state index in [4.69, 9.17) is 5.11 Å². The molecule has 0 saturated carbocycles. The maximum atomic E-state index is 11.6. The van der Waals surface area contributed by atoms with E-state index < -0.39 is 0 Å². The minimum atomic E-state index is 0.0494. The number of nitrogens with one attached hydrogen (secondary N) is 1. The van der Waals surface area contributed by atoms with Crippen LogP contribution in [0.5, 0.6) is 0 Å². The van der Waals surface area contributed by atoms with E-state index in [-0.39, 0.29) is 24.0 Å². The quantitative estimate of drug-likeness (QED) is 0.711. The van der Waals surface area contributed by atoms with Crippen LogP contribution >= 0.6 is 0 Å². The van der Waals surface area contributed by atoms with E-state index in [2.05, 4.69) is 26.1 Å². The second-order valence-electron chi connectivity index (χ2n) is 5.22. The van der Waals surface area contributed by atoms with Crippen LogP contribution in [0.1, 0.15) is 34.1 Å². The Morgan fingerprint density at radius 2 is 2.00 bits per heavy atom. The Balaban J connectivity index is 4.17. The van der Waals surface area contributed by atoms with Crippen LogP contribution in [-0.2, 0) is 4.79 Å². The summed E-state index contributed by atoms with van der Waals surface area (Å²) in [6, 6.07) is 0.159. The Bertz CT molecular complexity index is 212. The Hall–Kier alpha value is -0.610. The maximum Gasteiger partial charge on any atom is 0.236 e. The number of nitrogens with zero attached hydrogens (tertiary/aromatic N) is 1. The molecule has 0 aliphatic heterocycles. The van der Waals surface area contributed by atoms with E-state index in [1.54, 1.807) is 11.9 Å². The third kappa shape index (κ3) is 5.47. The van der Waals surface area contributed by atoms with Crippen LogP contribution in [0.2, 0.25) is 0 Å². The van der Waals surface area contributed by atoms with Crippen LogP contribution in [0, 0.1) is 5.41 Å². The molecule has 1 atom stereocenters. The Morgan fingerprint density at radius 3 is 2.38 bits per heavy atom. The van der Waals surface area contributed by atoms with E-state index in [1.165, 1.54) is 0 Å². The van der Waals surface area contributed by atoms with Crippen molar-refractivity contribution in [3.63, 3.8) is 0 Å². The SMILES string of the molecule is CCN(C)C(=O)CNC(CCO)C(C)(C)C. The fraction of sp³-hybridized carbons (Fsp3) is 0.917. The number of amides is 1. The van der Waals surface area contributed by atoms with Gasteiger partial charge in [0.15, 0.2) is 0 Å². The van der Waals surface area contributed by atoms with Crippen molar-refractivity contribution in [1.29, 1.82) is 0 Å². The summed E-state index contributed by atoms with van der Waals surface area (Å²) >= 11 is 0. The molecule has 4 heteroatoms. The van der Waals surface area contributed by atoms with Crippen molar-refractivity contribution >= 4 is 5.91 Å². The van der Waals surface area contributed by atoms with Gasteiger partial charge in [-0.1, -0.05) is 20.8 Å². The third-order valence-corrected chi connectivity index (χ3v) is 2.86. The summed E-state index contributed by atoms with van der Waals surface area (Å²) in [5, 5.41) is 12.2. The molecule has 0 aromatic heterocycles. The highest BCUT2D eigenvalue weighted by molar-refractivity contribution is 5.77. The highest BCUT2D eigenvalue weighted by Crippen LogP contribution is 2.21. The lowest BCUT2D eigenvalue weighted by Gasteiger charge is -2.31. The minimum absolute atomic E-state index is 0.0494. The highest BCUT2D eigenvalue weighted by Gasteiger charge is 2.24. The fourth-order valence-corrected chi connectivity index (χ4v) is 1.49. The van der Waals surface area contributed by atoms with Crippen molar-refractivity contribution in [3.8, 4) is 0 Å². The normalized spacial score (nSPS) is 13.6. The van der Waals surface area contributed by atoms with Gasteiger partial charge in [-0.05, 0) is 18.8 Å². The molecule has 1 amide bonds. The van der Waals surface area contributed by atoms with Crippen LogP contribution < -0.4 is 5.32 Å². The summed E-state index contributed by atoms with van der Waals surface area (Å²) in [7, 11) is 1.79. The molecule has 0 aromatic carbocycles. The maximum absolute atomic E-state index is 11.6. The van der Waals surface area contributed by atoms with Crippen LogP contribution in [-0.4, -0.2) is 48.7 Å². The van der Waals surface area contributed by atoms with Crippen molar-refractivity contribution in [1.82, 2.24) is 10.2 Å². The first-order valence-electron chi connectivity index (χ1n) is 5.91. The summed E-state index contributed by atoms with van der Waals surface area (Å²) in [5.74, 6) is 0.0923. The van der Waals surface area contributed by atoms with Gasteiger partial charge in [0.25, 0.3) is 0 Å². The summed E-state index contributed by atoms with van der Waals surface area (Å²) in [4.78, 5) is 13.3. The zero-order valence-corrected chi connectivity index (χ0v) is 11.2. The Labute approximate surface area is 99.0 Å². The Morgan fingerprint density at radius 1 is 1.44 bits per heavy atom. The number of carbonyl (C=O) groups excluding carboxylic acids is 1. The molecule has 0 spiro atoms. The smallest absolute Gasteiger partial charge is 0.236 e. The van der Waals surface area contributed by atoms with Gasteiger partial charge in [-0.2, -0.15) is 0 Å². The molecule has 96 valence electrons. The molecule has 0 aliphatic rings. The molecule has 0 fully saturated rings. The number of aliphatic hydroxyl groups is 1. The summed E-state index contributed by atoms with van der Waals surface area (Å²) in [6.45, 7) is 9.48. The molecule has 0 saturated heterocycles. The average molecular weight is 230 g/mol. The van der Waals surface area contributed by atoms with E-state index in [9.17, 15) is 4.79 Å². The van der Waals surface area contributed by atoms with Gasteiger partial charge in [-0.3, -0.25) is 4.79 Å². The zero-order chi connectivity index (χ0) is 12.8. The summed E-state index contributed by atoms with van der Waals surface area (Å²) in [6.07, 6.45) is 0.673. The second-order valence-corrected chi connectivity index (χ2v) is 5.22. The van der Waals surface area contributed by atoms with Gasteiger partial charge < -0.3 is 15.3 Å². The van der Waals surface area contributed by atoms with Crippen molar-refractivity contribution in [3.05, 3.63) is 0 Å². The number of hydrogen-bond donors (Lipinski definition) is 2. The summed E-state index contributed by atoms with van der Waals surface area (Å²) < 4.78 is 0. The first-order valence-corrected chi connectivity index (χ1v) is 5.91. The van der Waals surface area contributed by atoms with Gasteiger partial charge in [0, 0.05) is 26.2 Å². The van der Waals surface area contributed by atoms with Gasteiger partial charge >= 0.3 is 0 Å². The van der Waals surface area contributed by atoms with Crippen molar-refractivity contribution in [2.75, 3.05) is 26.7 Å². The van der Waals surface area contributed by atoms with Crippen molar-refractivity contribution in [2.24, 2.45) is 5.41 Å². The van der Waals surface area contributed by atoms with Crippen molar-refractivity contribution in [2.45, 2.75) is 40.2 Å². The molecule has 4 nitrogen and oxygen atoms in total. The number of hydrogen-bond acceptors (Lipinski definition) is 3. The average Bonchev–Trinajstić information content (AvgIpc) is 2.20. The number of carbonyl (C=O) groups is 1. The molecular formula is C12H26N2O2. The van der Waals surface area contributed by atoms with Crippen LogP contribution in [0.15, 0.2) is 0 Å². The van der Waals surface area contributed by atoms with Gasteiger partial charge in [0.1, 0.15) is 0 Å². The van der Waals surface area contributed by atoms with Gasteiger partial charge in [-0.25, -0.2) is 0 Å². The van der Waals surface area contributed by atoms with E-state index in [1.807, 2.05) is 6.92 Å². The molecule has 0 rings (SSSR count). The molecule has 2 N–H and O–H groups in total. The van der Waals surface area contributed by atoms with E-state index in [0.717, 1.165) is 6.54 Å². The van der Waals surface area contributed by atoms with E-state index >= 15 is 0 Å². The lowest BCUT2D eigenvalue weighted by molar-refractivity contribution is -0.129. The van der Waals surface area contributed by atoms with Crippen LogP contribution in [0.25, 0.3) is 0 Å². The lowest BCUT2D eigenvalue weighted by Crippen LogP contribution is -2.46. The molecule has 0 aliphatic carbocycles. The zero-order valence-electron chi connectivity index (χ0n) is 11.2.